The summed E-state index contributed by atoms with van der Waals surface area (Å²) in [6.07, 6.45) is 1.70. The molecule has 1 heterocycles. The summed E-state index contributed by atoms with van der Waals surface area (Å²) in [5, 5.41) is 16.2. The molecule has 0 spiro atoms. The lowest BCUT2D eigenvalue weighted by Gasteiger charge is -2.40. The zero-order valence-electron chi connectivity index (χ0n) is 10.5. The normalized spacial score (nSPS) is 27.5. The lowest BCUT2D eigenvalue weighted by molar-refractivity contribution is 0.276. The van der Waals surface area contributed by atoms with Crippen LogP contribution in [0.15, 0.2) is 24.3 Å². The summed E-state index contributed by atoms with van der Waals surface area (Å²) in [6.45, 7) is 3.77. The van der Waals surface area contributed by atoms with Gasteiger partial charge in [-0.1, -0.05) is 6.92 Å². The third-order valence-corrected chi connectivity index (χ3v) is 3.69. The Labute approximate surface area is 107 Å². The van der Waals surface area contributed by atoms with Gasteiger partial charge in [0.1, 0.15) is 11.4 Å². The second-order valence-electron chi connectivity index (χ2n) is 4.77. The minimum absolute atomic E-state index is 0.260. The van der Waals surface area contributed by atoms with Crippen molar-refractivity contribution in [1.82, 2.24) is 5.32 Å². The van der Waals surface area contributed by atoms with E-state index in [2.05, 4.69) is 23.6 Å². The highest BCUT2D eigenvalue weighted by Crippen LogP contribution is 2.30. The number of nitrogens with one attached hydrogen (secondary N) is 2. The Balaban J connectivity index is 2.21. The highest BCUT2D eigenvalue weighted by Gasteiger charge is 2.40. The smallest absolute Gasteiger partial charge is 0.130 e. The van der Waals surface area contributed by atoms with Gasteiger partial charge in [-0.15, -0.1) is 0 Å². The molecule has 18 heavy (non-hydrogen) atoms. The van der Waals surface area contributed by atoms with Crippen LogP contribution in [-0.2, 0) is 0 Å². The van der Waals surface area contributed by atoms with E-state index in [1.807, 2.05) is 0 Å². The average molecular weight is 247 g/mol. The molecule has 0 bridgehead atoms. The van der Waals surface area contributed by atoms with Gasteiger partial charge in [-0.05, 0) is 43.7 Å². The molecule has 1 aliphatic heterocycles. The highest BCUT2D eigenvalue weighted by molar-refractivity contribution is 5.48. The molecule has 3 nitrogen and oxygen atoms in total. The zero-order chi connectivity index (χ0) is 13.0. The van der Waals surface area contributed by atoms with Crippen LogP contribution in [0.4, 0.5) is 10.1 Å². The summed E-state index contributed by atoms with van der Waals surface area (Å²) in [6, 6.07) is 8.63. The minimum atomic E-state index is -0.544. The number of anilines is 1. The quantitative estimate of drug-likeness (QED) is 0.862. The molecule has 0 amide bonds. The maximum Gasteiger partial charge on any atom is 0.130 e. The Bertz CT molecular complexity index is 437. The van der Waals surface area contributed by atoms with Crippen molar-refractivity contribution in [2.45, 2.75) is 25.3 Å². The average Bonchev–Trinajstić information content (AvgIpc) is 2.42. The molecule has 96 valence electrons. The lowest BCUT2D eigenvalue weighted by Crippen LogP contribution is -2.54. The van der Waals surface area contributed by atoms with Crippen LogP contribution in [0.5, 0.6) is 0 Å². The molecule has 0 aliphatic carbocycles. The van der Waals surface area contributed by atoms with Gasteiger partial charge in [0.15, 0.2) is 0 Å². The van der Waals surface area contributed by atoms with Crippen molar-refractivity contribution >= 4 is 5.69 Å². The van der Waals surface area contributed by atoms with Crippen LogP contribution < -0.4 is 10.6 Å². The molecule has 2 unspecified atom stereocenters. The molecule has 0 aromatic heterocycles. The number of hydrogen-bond donors (Lipinski definition) is 2. The fraction of sp³-hybridized carbons (Fsp3) is 0.500. The number of halogens is 1. The highest BCUT2D eigenvalue weighted by atomic mass is 19.1. The first-order chi connectivity index (χ1) is 8.70. The second kappa shape index (κ2) is 5.36. The Hall–Kier alpha value is -1.60. The molecule has 1 aliphatic rings. The molecular weight excluding hydrogens is 229 g/mol. The largest absolute Gasteiger partial charge is 0.367 e. The van der Waals surface area contributed by atoms with Gasteiger partial charge in [-0.25, -0.2) is 4.39 Å². The molecule has 1 aromatic carbocycles. The summed E-state index contributed by atoms with van der Waals surface area (Å²) in [4.78, 5) is 0. The summed E-state index contributed by atoms with van der Waals surface area (Å²) < 4.78 is 12.9. The molecule has 2 rings (SSSR count). The van der Waals surface area contributed by atoms with Crippen LogP contribution in [0.1, 0.15) is 19.8 Å². The first-order valence-corrected chi connectivity index (χ1v) is 6.36. The zero-order valence-corrected chi connectivity index (χ0v) is 10.5. The van der Waals surface area contributed by atoms with Crippen molar-refractivity contribution in [2.24, 2.45) is 5.92 Å². The second-order valence-corrected chi connectivity index (χ2v) is 4.77. The van der Waals surface area contributed by atoms with E-state index in [4.69, 9.17) is 0 Å². The molecule has 1 aromatic rings. The van der Waals surface area contributed by atoms with Crippen molar-refractivity contribution in [3.63, 3.8) is 0 Å². The van der Waals surface area contributed by atoms with Gasteiger partial charge in [0, 0.05) is 18.2 Å². The maximum atomic E-state index is 12.9. The lowest BCUT2D eigenvalue weighted by atomic mass is 9.78. The molecule has 2 atom stereocenters. The summed E-state index contributed by atoms with van der Waals surface area (Å²) >= 11 is 0. The Morgan fingerprint density at radius 2 is 2.22 bits per heavy atom. The maximum absolute atomic E-state index is 12.9. The summed E-state index contributed by atoms with van der Waals surface area (Å²) in [5.74, 6) is 0.00483. The van der Waals surface area contributed by atoms with Crippen LogP contribution >= 0.6 is 0 Å². The van der Waals surface area contributed by atoms with Gasteiger partial charge in [-0.3, -0.25) is 0 Å². The van der Waals surface area contributed by atoms with E-state index in [1.165, 1.54) is 12.1 Å². The van der Waals surface area contributed by atoms with E-state index in [1.54, 1.807) is 12.1 Å². The van der Waals surface area contributed by atoms with Gasteiger partial charge in [-0.2, -0.15) is 5.26 Å². The number of piperidine rings is 1. The first-order valence-electron chi connectivity index (χ1n) is 6.36. The first kappa shape index (κ1) is 12.8. The molecular formula is C14H18FN3. The Morgan fingerprint density at radius 3 is 2.83 bits per heavy atom. The molecule has 1 saturated heterocycles. The van der Waals surface area contributed by atoms with E-state index in [0.717, 1.165) is 31.6 Å². The molecule has 1 fully saturated rings. The molecule has 0 saturated carbocycles. The Kier molecular flexibility index (Phi) is 3.83. The fourth-order valence-electron chi connectivity index (χ4n) is 2.56. The van der Waals surface area contributed by atoms with Crippen molar-refractivity contribution in [2.75, 3.05) is 18.4 Å². The van der Waals surface area contributed by atoms with Gasteiger partial charge in [0.2, 0.25) is 0 Å². The number of rotatable bonds is 3. The van der Waals surface area contributed by atoms with E-state index in [0.29, 0.717) is 0 Å². The van der Waals surface area contributed by atoms with Crippen LogP contribution in [0.25, 0.3) is 0 Å². The number of hydrogen-bond acceptors (Lipinski definition) is 3. The van der Waals surface area contributed by atoms with Crippen LogP contribution in [0.3, 0.4) is 0 Å². The number of nitrogens with zero attached hydrogens (tertiary/aromatic N) is 1. The van der Waals surface area contributed by atoms with Gasteiger partial charge >= 0.3 is 0 Å². The SMILES string of the molecule is CCC1CNCCC1(C#N)Nc1ccc(F)cc1. The van der Waals surface area contributed by atoms with E-state index in [-0.39, 0.29) is 11.7 Å². The van der Waals surface area contributed by atoms with Gasteiger partial charge < -0.3 is 10.6 Å². The monoisotopic (exact) mass is 247 g/mol. The van der Waals surface area contributed by atoms with Crippen LogP contribution in [0, 0.1) is 23.1 Å². The third kappa shape index (κ3) is 2.46. The minimum Gasteiger partial charge on any atom is -0.367 e. The predicted molar refractivity (Wildman–Crippen MR) is 69.6 cm³/mol. The van der Waals surface area contributed by atoms with Crippen molar-refractivity contribution in [1.29, 1.82) is 5.26 Å². The molecule has 2 N–H and O–H groups in total. The Morgan fingerprint density at radius 1 is 1.50 bits per heavy atom. The summed E-state index contributed by atoms with van der Waals surface area (Å²) in [7, 11) is 0. The van der Waals surface area contributed by atoms with E-state index < -0.39 is 5.54 Å². The molecule has 4 heteroatoms. The predicted octanol–water partition coefficient (Wildman–Crippen LogP) is 2.52. The van der Waals surface area contributed by atoms with Crippen molar-refractivity contribution in [3.05, 3.63) is 30.1 Å². The number of benzene rings is 1. The van der Waals surface area contributed by atoms with E-state index >= 15 is 0 Å². The third-order valence-electron chi connectivity index (χ3n) is 3.69. The van der Waals surface area contributed by atoms with Crippen LogP contribution in [0.2, 0.25) is 0 Å². The number of nitriles is 1. The van der Waals surface area contributed by atoms with Gasteiger partial charge in [0.25, 0.3) is 0 Å². The standard InChI is InChI=1S/C14H18FN3/c1-2-11-9-17-8-7-14(11,10-16)18-13-5-3-12(15)4-6-13/h3-6,11,17-18H,2,7-9H2,1H3. The molecule has 0 radical (unpaired) electrons. The fourth-order valence-corrected chi connectivity index (χ4v) is 2.56. The van der Waals surface area contributed by atoms with E-state index in [9.17, 15) is 9.65 Å². The van der Waals surface area contributed by atoms with Crippen LogP contribution in [-0.4, -0.2) is 18.6 Å². The van der Waals surface area contributed by atoms with Gasteiger partial charge in [0.05, 0.1) is 6.07 Å². The van der Waals surface area contributed by atoms with Crippen molar-refractivity contribution < 1.29 is 4.39 Å². The van der Waals surface area contributed by atoms with Crippen molar-refractivity contribution in [3.8, 4) is 6.07 Å². The topological polar surface area (TPSA) is 47.9 Å². The summed E-state index contributed by atoms with van der Waals surface area (Å²) in [5.41, 5.74) is 0.260.